The first kappa shape index (κ1) is 14.8. The summed E-state index contributed by atoms with van der Waals surface area (Å²) in [6.07, 6.45) is 2.11. The summed E-state index contributed by atoms with van der Waals surface area (Å²) in [7, 11) is 0. The summed E-state index contributed by atoms with van der Waals surface area (Å²) >= 11 is 0. The summed E-state index contributed by atoms with van der Waals surface area (Å²) in [5.74, 6) is 0.506. The van der Waals surface area contributed by atoms with Crippen LogP contribution in [0.4, 0.5) is 11.4 Å². The van der Waals surface area contributed by atoms with E-state index in [0.29, 0.717) is 24.4 Å². The van der Waals surface area contributed by atoms with Crippen molar-refractivity contribution in [3.8, 4) is 0 Å². The lowest BCUT2D eigenvalue weighted by molar-refractivity contribution is -0.385. The molecule has 2 heterocycles. The third-order valence-corrected chi connectivity index (χ3v) is 4.72. The van der Waals surface area contributed by atoms with E-state index in [1.807, 2.05) is 11.0 Å². The van der Waals surface area contributed by atoms with Crippen LogP contribution >= 0.6 is 0 Å². The maximum Gasteiger partial charge on any atom is 0.276 e. The highest BCUT2D eigenvalue weighted by Gasteiger charge is 2.39. The SMILES string of the molecule is CC(C)C1CC(N2CCCC2=O)c2c(cccc2[N+](=O)[O-])N1. The molecule has 2 aliphatic rings. The first-order valence-corrected chi connectivity index (χ1v) is 7.82. The van der Waals surface area contributed by atoms with Crippen molar-refractivity contribution in [2.45, 2.75) is 45.2 Å². The molecule has 0 radical (unpaired) electrons. The fraction of sp³-hybridized carbons (Fsp3) is 0.562. The second kappa shape index (κ2) is 5.59. The van der Waals surface area contributed by atoms with E-state index in [-0.39, 0.29) is 28.6 Å². The number of nitrogens with zero attached hydrogens (tertiary/aromatic N) is 2. The fourth-order valence-corrected chi connectivity index (χ4v) is 3.53. The van der Waals surface area contributed by atoms with Crippen LogP contribution < -0.4 is 5.32 Å². The Kier molecular flexibility index (Phi) is 3.76. The van der Waals surface area contributed by atoms with Crippen molar-refractivity contribution in [3.05, 3.63) is 33.9 Å². The van der Waals surface area contributed by atoms with Crippen molar-refractivity contribution < 1.29 is 9.72 Å². The monoisotopic (exact) mass is 303 g/mol. The third-order valence-electron chi connectivity index (χ3n) is 4.72. The minimum absolute atomic E-state index is 0.108. The highest BCUT2D eigenvalue weighted by atomic mass is 16.6. The number of carbonyl (C=O) groups is 1. The van der Waals surface area contributed by atoms with Gasteiger partial charge in [-0.1, -0.05) is 19.9 Å². The van der Waals surface area contributed by atoms with Gasteiger partial charge in [-0.3, -0.25) is 14.9 Å². The molecule has 0 aromatic heterocycles. The predicted octanol–water partition coefficient (Wildman–Crippen LogP) is 3.10. The highest BCUT2D eigenvalue weighted by molar-refractivity contribution is 5.79. The molecule has 3 rings (SSSR count). The average Bonchev–Trinajstić information content (AvgIpc) is 2.91. The van der Waals surface area contributed by atoms with Crippen LogP contribution in [0.3, 0.4) is 0 Å². The Labute approximate surface area is 129 Å². The summed E-state index contributed by atoms with van der Waals surface area (Å²) in [6.45, 7) is 4.95. The zero-order valence-electron chi connectivity index (χ0n) is 12.9. The number of anilines is 1. The first-order valence-electron chi connectivity index (χ1n) is 7.82. The maximum absolute atomic E-state index is 12.2. The van der Waals surface area contributed by atoms with Gasteiger partial charge in [-0.2, -0.15) is 0 Å². The molecule has 0 bridgehead atoms. The number of fused-ring (bicyclic) bond motifs is 1. The Hall–Kier alpha value is -2.11. The fourth-order valence-electron chi connectivity index (χ4n) is 3.53. The van der Waals surface area contributed by atoms with Crippen LogP contribution in [0.25, 0.3) is 0 Å². The van der Waals surface area contributed by atoms with Gasteiger partial charge < -0.3 is 10.2 Å². The first-order chi connectivity index (χ1) is 10.5. The summed E-state index contributed by atoms with van der Waals surface area (Å²) in [6, 6.07) is 5.14. The van der Waals surface area contributed by atoms with E-state index in [0.717, 1.165) is 18.5 Å². The lowest BCUT2D eigenvalue weighted by Gasteiger charge is -2.39. The zero-order valence-corrected chi connectivity index (χ0v) is 12.9. The molecule has 1 aromatic carbocycles. The molecule has 2 unspecified atom stereocenters. The number of carbonyl (C=O) groups excluding carboxylic acids is 1. The minimum Gasteiger partial charge on any atom is -0.381 e. The quantitative estimate of drug-likeness (QED) is 0.687. The summed E-state index contributed by atoms with van der Waals surface area (Å²) < 4.78 is 0. The van der Waals surface area contributed by atoms with Crippen molar-refractivity contribution >= 4 is 17.3 Å². The molecule has 0 spiro atoms. The number of nitro groups is 1. The summed E-state index contributed by atoms with van der Waals surface area (Å²) in [5.41, 5.74) is 1.57. The van der Waals surface area contributed by atoms with E-state index < -0.39 is 0 Å². The third kappa shape index (κ3) is 2.42. The summed E-state index contributed by atoms with van der Waals surface area (Å²) in [5, 5.41) is 14.8. The van der Waals surface area contributed by atoms with Gasteiger partial charge in [0.15, 0.2) is 0 Å². The average molecular weight is 303 g/mol. The molecule has 0 aliphatic carbocycles. The molecule has 6 nitrogen and oxygen atoms in total. The van der Waals surface area contributed by atoms with Crippen molar-refractivity contribution in [3.63, 3.8) is 0 Å². The van der Waals surface area contributed by atoms with Gasteiger partial charge >= 0.3 is 0 Å². The lowest BCUT2D eigenvalue weighted by atomic mass is 9.86. The van der Waals surface area contributed by atoms with Gasteiger partial charge in [0.1, 0.15) is 0 Å². The van der Waals surface area contributed by atoms with Crippen LogP contribution in [0.5, 0.6) is 0 Å². The van der Waals surface area contributed by atoms with Crippen LogP contribution in [0, 0.1) is 16.0 Å². The molecular weight excluding hydrogens is 282 g/mol. The van der Waals surface area contributed by atoms with Gasteiger partial charge in [-0.25, -0.2) is 0 Å². The van der Waals surface area contributed by atoms with Crippen LogP contribution in [-0.4, -0.2) is 28.3 Å². The van der Waals surface area contributed by atoms with Crippen molar-refractivity contribution in [1.82, 2.24) is 4.90 Å². The normalized spacial score (nSPS) is 24.3. The highest BCUT2D eigenvalue weighted by Crippen LogP contribution is 2.44. The number of hydrogen-bond acceptors (Lipinski definition) is 4. The topological polar surface area (TPSA) is 75.5 Å². The standard InChI is InChI=1S/C16H21N3O3/c1-10(2)12-9-14(18-8-4-7-15(18)20)16-11(17-12)5-3-6-13(16)19(21)22/h3,5-6,10,12,14,17H,4,7-9H2,1-2H3. The summed E-state index contributed by atoms with van der Waals surface area (Å²) in [4.78, 5) is 25.1. The number of hydrogen-bond donors (Lipinski definition) is 1. The lowest BCUT2D eigenvalue weighted by Crippen LogP contribution is -2.40. The molecule has 2 aliphatic heterocycles. The Morgan fingerprint density at radius 1 is 1.41 bits per heavy atom. The molecule has 2 atom stereocenters. The number of nitro benzene ring substituents is 1. The Bertz CT molecular complexity index is 615. The van der Waals surface area contributed by atoms with Crippen LogP contribution in [0.15, 0.2) is 18.2 Å². The smallest absolute Gasteiger partial charge is 0.276 e. The van der Waals surface area contributed by atoms with Gasteiger partial charge in [-0.05, 0) is 24.8 Å². The van der Waals surface area contributed by atoms with Crippen molar-refractivity contribution in [1.29, 1.82) is 0 Å². The van der Waals surface area contributed by atoms with Crippen molar-refractivity contribution in [2.75, 3.05) is 11.9 Å². The van der Waals surface area contributed by atoms with Crippen LogP contribution in [-0.2, 0) is 4.79 Å². The van der Waals surface area contributed by atoms with E-state index in [4.69, 9.17) is 0 Å². The molecule has 1 aromatic rings. The van der Waals surface area contributed by atoms with Crippen LogP contribution in [0.2, 0.25) is 0 Å². The van der Waals surface area contributed by atoms with E-state index in [9.17, 15) is 14.9 Å². The van der Waals surface area contributed by atoms with Gasteiger partial charge in [0.25, 0.3) is 5.69 Å². The largest absolute Gasteiger partial charge is 0.381 e. The van der Waals surface area contributed by atoms with E-state index >= 15 is 0 Å². The van der Waals surface area contributed by atoms with E-state index in [1.165, 1.54) is 6.07 Å². The number of rotatable bonds is 3. The van der Waals surface area contributed by atoms with E-state index in [1.54, 1.807) is 6.07 Å². The molecule has 0 saturated carbocycles. The number of nitrogens with one attached hydrogen (secondary N) is 1. The van der Waals surface area contributed by atoms with Gasteiger partial charge in [0.05, 0.1) is 16.5 Å². The Balaban J connectivity index is 2.09. The molecule has 1 amide bonds. The van der Waals surface area contributed by atoms with Crippen molar-refractivity contribution in [2.24, 2.45) is 5.92 Å². The van der Waals surface area contributed by atoms with E-state index in [2.05, 4.69) is 19.2 Å². The molecule has 1 saturated heterocycles. The molecule has 6 heteroatoms. The van der Waals surface area contributed by atoms with Gasteiger partial charge in [0.2, 0.25) is 5.91 Å². The number of likely N-dealkylation sites (tertiary alicyclic amines) is 1. The van der Waals surface area contributed by atoms with Gasteiger partial charge in [0, 0.05) is 30.8 Å². The molecular formula is C16H21N3O3. The molecule has 118 valence electrons. The van der Waals surface area contributed by atoms with Crippen LogP contribution in [0.1, 0.15) is 44.7 Å². The maximum atomic E-state index is 12.2. The Morgan fingerprint density at radius 3 is 2.77 bits per heavy atom. The molecule has 22 heavy (non-hydrogen) atoms. The Morgan fingerprint density at radius 2 is 2.18 bits per heavy atom. The predicted molar refractivity (Wildman–Crippen MR) is 83.7 cm³/mol. The second-order valence-electron chi connectivity index (χ2n) is 6.43. The molecule has 1 fully saturated rings. The minimum atomic E-state index is -0.343. The number of benzene rings is 1. The van der Waals surface area contributed by atoms with Gasteiger partial charge in [-0.15, -0.1) is 0 Å². The molecule has 1 N–H and O–H groups in total. The number of amides is 1. The second-order valence-corrected chi connectivity index (χ2v) is 6.43. The zero-order chi connectivity index (χ0) is 15.9.